The molecule has 8 rings (SSSR count). The van der Waals surface area contributed by atoms with Gasteiger partial charge in [0.05, 0.1) is 29.2 Å². The number of hydrogen-bond donors (Lipinski definition) is 1. The molecule has 2 saturated carbocycles. The Balaban J connectivity index is 1.07. The smallest absolute Gasteiger partial charge is 0.270 e. The van der Waals surface area contributed by atoms with E-state index in [1.165, 1.54) is 0 Å². The zero-order chi connectivity index (χ0) is 22.3. The normalized spacial score (nSPS) is 31.1. The van der Waals surface area contributed by atoms with Crippen LogP contribution >= 0.6 is 0 Å². The lowest BCUT2D eigenvalue weighted by Gasteiger charge is -2.37. The quantitative estimate of drug-likeness (QED) is 0.502. The number of carbonyl (C=O) groups is 3. The molecule has 3 amide bonds. The Morgan fingerprint density at radius 1 is 0.939 bits per heavy atom. The van der Waals surface area contributed by atoms with Crippen molar-refractivity contribution < 1.29 is 14.4 Å². The minimum Gasteiger partial charge on any atom is -0.326 e. The number of hydrogen-bond acceptors (Lipinski definition) is 4. The maximum atomic E-state index is 13.1. The number of amides is 3. The van der Waals surface area contributed by atoms with Crippen molar-refractivity contribution in [3.05, 3.63) is 78.1 Å². The summed E-state index contributed by atoms with van der Waals surface area (Å²) >= 11 is 0. The SMILES string of the molecule is O=C(NN1C(=O)[C@@H]2[C@H](C1=O)[C@@H]1C=C[C@H]2C2CC21)c1ccc(Cn2cnc3ccccc32)cc1. The summed E-state index contributed by atoms with van der Waals surface area (Å²) in [6.07, 6.45) is 7.17. The molecule has 1 N–H and O–H groups in total. The van der Waals surface area contributed by atoms with Gasteiger partial charge in [0.1, 0.15) is 0 Å². The summed E-state index contributed by atoms with van der Waals surface area (Å²) in [5.41, 5.74) is 6.01. The fourth-order valence-corrected chi connectivity index (χ4v) is 6.33. The molecule has 3 fully saturated rings. The average Bonchev–Trinajstić information content (AvgIpc) is 3.53. The molecule has 0 spiro atoms. The Bertz CT molecular complexity index is 1320. The molecule has 4 aliphatic carbocycles. The lowest BCUT2D eigenvalue weighted by Crippen LogP contribution is -2.46. The summed E-state index contributed by atoms with van der Waals surface area (Å²) in [6.45, 7) is 0.632. The van der Waals surface area contributed by atoms with Gasteiger partial charge in [-0.3, -0.25) is 19.8 Å². The zero-order valence-electron chi connectivity index (χ0n) is 17.8. The van der Waals surface area contributed by atoms with Crippen LogP contribution in [0.25, 0.3) is 11.0 Å². The second-order valence-corrected chi connectivity index (χ2v) is 9.67. The molecule has 2 unspecified atom stereocenters. The molecule has 7 nitrogen and oxygen atoms in total. The maximum Gasteiger partial charge on any atom is 0.270 e. The number of aromatic nitrogens is 2. The van der Waals surface area contributed by atoms with Crippen LogP contribution in [0.15, 0.2) is 67.0 Å². The zero-order valence-corrected chi connectivity index (χ0v) is 17.8. The Morgan fingerprint density at radius 3 is 2.30 bits per heavy atom. The highest BCUT2D eigenvalue weighted by Crippen LogP contribution is 2.65. The molecule has 0 radical (unpaired) electrons. The van der Waals surface area contributed by atoms with Crippen molar-refractivity contribution in [2.24, 2.45) is 35.5 Å². The van der Waals surface area contributed by atoms with Gasteiger partial charge < -0.3 is 4.57 Å². The summed E-state index contributed by atoms with van der Waals surface area (Å²) in [6, 6.07) is 15.2. The van der Waals surface area contributed by atoms with E-state index >= 15 is 0 Å². The number of imide groups is 1. The van der Waals surface area contributed by atoms with Crippen molar-refractivity contribution in [1.29, 1.82) is 0 Å². The summed E-state index contributed by atoms with van der Waals surface area (Å²) in [5.74, 6) is -0.238. The van der Waals surface area contributed by atoms with Gasteiger partial charge >= 0.3 is 0 Å². The molecule has 2 aromatic carbocycles. The van der Waals surface area contributed by atoms with Crippen molar-refractivity contribution in [1.82, 2.24) is 20.0 Å². The first kappa shape index (κ1) is 18.8. The number of allylic oxidation sites excluding steroid dienone is 2. The van der Waals surface area contributed by atoms with Crippen LogP contribution in [0.2, 0.25) is 0 Å². The molecule has 1 aromatic heterocycles. The Morgan fingerprint density at radius 2 is 1.61 bits per heavy atom. The van der Waals surface area contributed by atoms with E-state index < -0.39 is 5.91 Å². The first-order valence-corrected chi connectivity index (χ1v) is 11.5. The molecule has 1 saturated heterocycles. The number of nitrogens with one attached hydrogen (secondary N) is 1. The van der Waals surface area contributed by atoms with E-state index in [0.717, 1.165) is 28.0 Å². The Labute approximate surface area is 190 Å². The van der Waals surface area contributed by atoms with E-state index in [9.17, 15) is 14.4 Å². The summed E-state index contributed by atoms with van der Waals surface area (Å²) in [5, 5.41) is 0.987. The second kappa shape index (κ2) is 6.63. The van der Waals surface area contributed by atoms with Gasteiger partial charge in [0.25, 0.3) is 17.7 Å². The predicted octanol–water partition coefficient (Wildman–Crippen LogP) is 2.78. The number of hydrazine groups is 1. The second-order valence-electron chi connectivity index (χ2n) is 9.67. The van der Waals surface area contributed by atoms with Crippen molar-refractivity contribution in [3.63, 3.8) is 0 Å². The van der Waals surface area contributed by atoms with Crippen LogP contribution in [0.3, 0.4) is 0 Å². The third-order valence-electron chi connectivity index (χ3n) is 7.97. The first-order chi connectivity index (χ1) is 16.1. The van der Waals surface area contributed by atoms with Crippen LogP contribution in [0, 0.1) is 35.5 Å². The van der Waals surface area contributed by atoms with E-state index in [0.29, 0.717) is 23.9 Å². The Kier molecular flexibility index (Phi) is 3.78. The molecule has 6 atom stereocenters. The first-order valence-electron chi connectivity index (χ1n) is 11.5. The molecule has 164 valence electrons. The van der Waals surface area contributed by atoms with Crippen LogP contribution in [-0.4, -0.2) is 32.3 Å². The molecule has 3 aromatic rings. The minimum absolute atomic E-state index is 0.141. The van der Waals surface area contributed by atoms with Gasteiger partial charge in [0.15, 0.2) is 0 Å². The van der Waals surface area contributed by atoms with E-state index in [2.05, 4.69) is 27.1 Å². The number of nitrogens with zero attached hydrogens (tertiary/aromatic N) is 3. The fourth-order valence-electron chi connectivity index (χ4n) is 6.33. The van der Waals surface area contributed by atoms with E-state index in [1.807, 2.05) is 36.4 Å². The molecule has 5 aliphatic rings. The number of benzene rings is 2. The lowest BCUT2D eigenvalue weighted by molar-refractivity contribution is -0.143. The van der Waals surface area contributed by atoms with Crippen LogP contribution in [0.4, 0.5) is 0 Å². The fraction of sp³-hybridized carbons (Fsp3) is 0.308. The highest BCUT2D eigenvalue weighted by atomic mass is 16.2. The van der Waals surface area contributed by atoms with Crippen LogP contribution < -0.4 is 5.43 Å². The van der Waals surface area contributed by atoms with Crippen LogP contribution in [-0.2, 0) is 16.1 Å². The monoisotopic (exact) mass is 438 g/mol. The molecular formula is C26H22N4O3. The minimum atomic E-state index is -0.444. The number of rotatable bonds is 4. The molecule has 1 aliphatic heterocycles. The number of carbonyl (C=O) groups excluding carboxylic acids is 3. The van der Waals surface area contributed by atoms with Crippen molar-refractivity contribution in [2.75, 3.05) is 0 Å². The third kappa shape index (κ3) is 2.68. The van der Waals surface area contributed by atoms with Gasteiger partial charge in [-0.25, -0.2) is 4.98 Å². The maximum absolute atomic E-state index is 13.1. The van der Waals surface area contributed by atoms with E-state index in [1.54, 1.807) is 18.5 Å². The van der Waals surface area contributed by atoms with Crippen LogP contribution in [0.5, 0.6) is 0 Å². The predicted molar refractivity (Wildman–Crippen MR) is 119 cm³/mol. The standard InChI is InChI=1S/C26H22N4O3/c31-24(15-7-5-14(6-8-15)12-29-13-27-20-3-1-2-4-21(20)29)28-30-25(32)22-16-9-10-17(19-11-18(16)19)23(22)26(30)33/h1-10,13,16-19,22-23H,11-12H2,(H,28,31)/t16-,17+,18?,19?,22-,23+. The van der Waals surface area contributed by atoms with E-state index in [-0.39, 0.29) is 35.5 Å². The van der Waals surface area contributed by atoms with Gasteiger partial charge in [0, 0.05) is 12.1 Å². The molecular weight excluding hydrogens is 416 g/mol. The van der Waals surface area contributed by atoms with Crippen molar-refractivity contribution in [2.45, 2.75) is 13.0 Å². The molecule has 7 heteroatoms. The largest absolute Gasteiger partial charge is 0.326 e. The highest BCUT2D eigenvalue weighted by molar-refractivity contribution is 6.08. The average molecular weight is 438 g/mol. The van der Waals surface area contributed by atoms with Gasteiger partial charge in [0.2, 0.25) is 0 Å². The summed E-state index contributed by atoms with van der Waals surface area (Å²) in [4.78, 5) is 43.4. The van der Waals surface area contributed by atoms with Gasteiger partial charge in [-0.05, 0) is 59.9 Å². The van der Waals surface area contributed by atoms with Crippen LogP contribution in [0.1, 0.15) is 22.3 Å². The number of imidazole rings is 1. The van der Waals surface area contributed by atoms with Gasteiger partial charge in [-0.15, -0.1) is 0 Å². The number of para-hydroxylation sites is 2. The molecule has 33 heavy (non-hydrogen) atoms. The highest BCUT2D eigenvalue weighted by Gasteiger charge is 2.67. The molecule has 2 heterocycles. The summed E-state index contributed by atoms with van der Waals surface area (Å²) in [7, 11) is 0. The third-order valence-corrected chi connectivity index (χ3v) is 7.97. The lowest BCUT2D eigenvalue weighted by atomic mass is 9.63. The van der Waals surface area contributed by atoms with Crippen molar-refractivity contribution >= 4 is 28.8 Å². The topological polar surface area (TPSA) is 84.3 Å². The summed E-state index contributed by atoms with van der Waals surface area (Å²) < 4.78 is 2.06. The van der Waals surface area contributed by atoms with Gasteiger partial charge in [-0.1, -0.05) is 36.4 Å². The van der Waals surface area contributed by atoms with Crippen molar-refractivity contribution in [3.8, 4) is 0 Å². The number of fused-ring (bicyclic) bond motifs is 1. The van der Waals surface area contributed by atoms with E-state index in [4.69, 9.17) is 0 Å². The molecule has 2 bridgehead atoms. The Hall–Kier alpha value is -3.74. The van der Waals surface area contributed by atoms with Gasteiger partial charge in [-0.2, -0.15) is 5.01 Å².